The first kappa shape index (κ1) is 25.5. The summed E-state index contributed by atoms with van der Waals surface area (Å²) in [6, 6.07) is 29.8. The van der Waals surface area contributed by atoms with E-state index in [1.165, 1.54) is 5.56 Å². The fourth-order valence-corrected chi connectivity index (χ4v) is 4.61. The van der Waals surface area contributed by atoms with Crippen LogP contribution in [0.4, 0.5) is 0 Å². The quantitative estimate of drug-likeness (QED) is 0.161. The van der Waals surface area contributed by atoms with E-state index in [1.807, 2.05) is 73.7 Å². The summed E-state index contributed by atoms with van der Waals surface area (Å²) in [6.45, 7) is 4.84. The van der Waals surface area contributed by atoms with Gasteiger partial charge in [0.2, 0.25) is 5.90 Å². The second-order valence-electron chi connectivity index (χ2n) is 8.82. The van der Waals surface area contributed by atoms with Crippen molar-refractivity contribution in [2.75, 3.05) is 6.61 Å². The first-order valence-corrected chi connectivity index (χ1v) is 13.1. The van der Waals surface area contributed by atoms with E-state index in [0.29, 0.717) is 24.7 Å². The maximum absolute atomic E-state index is 12.6. The van der Waals surface area contributed by atoms with E-state index in [-0.39, 0.29) is 11.6 Å². The van der Waals surface area contributed by atoms with E-state index in [1.54, 1.807) is 6.08 Å². The predicted octanol–water partition coefficient (Wildman–Crippen LogP) is 7.75. The molecule has 4 aromatic carbocycles. The Bertz CT molecular complexity index is 1510. The molecule has 190 valence electrons. The first-order valence-electron chi connectivity index (χ1n) is 12.3. The number of rotatable bonds is 8. The second-order valence-corrected chi connectivity index (χ2v) is 9.67. The Labute approximate surface area is 230 Å². The summed E-state index contributed by atoms with van der Waals surface area (Å²) in [6.07, 6.45) is 1.69. The number of halogens is 1. The van der Waals surface area contributed by atoms with E-state index in [4.69, 9.17) is 14.2 Å². The normalized spacial score (nSPS) is 13.8. The Morgan fingerprint density at radius 3 is 2.26 bits per heavy atom. The molecule has 38 heavy (non-hydrogen) atoms. The van der Waals surface area contributed by atoms with Gasteiger partial charge < -0.3 is 14.2 Å². The van der Waals surface area contributed by atoms with Crippen molar-refractivity contribution in [2.45, 2.75) is 20.5 Å². The molecule has 0 spiro atoms. The van der Waals surface area contributed by atoms with Crippen molar-refractivity contribution in [1.82, 2.24) is 0 Å². The van der Waals surface area contributed by atoms with Crippen molar-refractivity contribution < 1.29 is 19.0 Å². The van der Waals surface area contributed by atoms with Gasteiger partial charge in [-0.15, -0.1) is 0 Å². The molecule has 0 aliphatic carbocycles. The van der Waals surface area contributed by atoms with Crippen LogP contribution >= 0.6 is 15.9 Å². The van der Waals surface area contributed by atoms with Crippen molar-refractivity contribution in [2.24, 2.45) is 4.99 Å². The van der Waals surface area contributed by atoms with Gasteiger partial charge in [0.05, 0.1) is 11.1 Å². The summed E-state index contributed by atoms with van der Waals surface area (Å²) in [7, 11) is 0. The summed E-state index contributed by atoms with van der Waals surface area (Å²) in [4.78, 5) is 17.1. The minimum absolute atomic E-state index is 0.217. The van der Waals surface area contributed by atoms with E-state index >= 15 is 0 Å². The molecule has 1 aliphatic heterocycles. The van der Waals surface area contributed by atoms with E-state index in [0.717, 1.165) is 32.3 Å². The molecular formula is C32H26BrNO4. The van der Waals surface area contributed by atoms with Crippen molar-refractivity contribution in [3.63, 3.8) is 0 Å². The standard InChI is InChI=1S/C32H26BrNO4/c1-3-36-29-19-23(17-27(33)30(29)37-20-22-11-9-21(2)10-12-22)18-28-32(35)38-31(34-28)26-15-13-25(14-16-26)24-7-5-4-6-8-24/h4-19H,3,20H2,1-2H3/b28-18-. The monoisotopic (exact) mass is 567 g/mol. The number of ether oxygens (including phenoxy) is 3. The molecule has 0 saturated heterocycles. The number of aryl methyl sites for hydroxylation is 1. The van der Waals surface area contributed by atoms with Crippen LogP contribution in [-0.4, -0.2) is 18.5 Å². The van der Waals surface area contributed by atoms with Crippen molar-refractivity contribution in [3.05, 3.63) is 123 Å². The molecule has 6 heteroatoms. The molecule has 0 fully saturated rings. The lowest BCUT2D eigenvalue weighted by Crippen LogP contribution is -2.05. The van der Waals surface area contributed by atoms with Crippen LogP contribution in [0.1, 0.15) is 29.2 Å². The molecule has 0 amide bonds. The molecule has 0 aromatic heterocycles. The molecule has 5 rings (SSSR count). The first-order chi connectivity index (χ1) is 18.5. The van der Waals surface area contributed by atoms with Gasteiger partial charge in [-0.25, -0.2) is 9.79 Å². The Hall–Kier alpha value is -4.16. The lowest BCUT2D eigenvalue weighted by atomic mass is 10.0. The second kappa shape index (κ2) is 11.5. The number of carbonyl (C=O) groups excluding carboxylic acids is 1. The Kier molecular flexibility index (Phi) is 7.70. The molecule has 0 saturated carbocycles. The minimum Gasteiger partial charge on any atom is -0.490 e. The molecule has 5 nitrogen and oxygen atoms in total. The number of carbonyl (C=O) groups is 1. The summed E-state index contributed by atoms with van der Waals surface area (Å²) >= 11 is 3.61. The van der Waals surface area contributed by atoms with Crippen LogP contribution < -0.4 is 9.47 Å². The third kappa shape index (κ3) is 5.87. The van der Waals surface area contributed by atoms with Crippen LogP contribution in [0.25, 0.3) is 17.2 Å². The van der Waals surface area contributed by atoms with Crippen LogP contribution in [0.5, 0.6) is 11.5 Å². The van der Waals surface area contributed by atoms with Gasteiger partial charge in [0, 0.05) is 5.56 Å². The molecule has 0 N–H and O–H groups in total. The number of hydrogen-bond acceptors (Lipinski definition) is 5. The summed E-state index contributed by atoms with van der Waals surface area (Å²) in [5, 5.41) is 0. The number of esters is 1. The molecule has 0 unspecified atom stereocenters. The van der Waals surface area contributed by atoms with Crippen LogP contribution in [-0.2, 0) is 16.1 Å². The zero-order valence-electron chi connectivity index (χ0n) is 21.1. The smallest absolute Gasteiger partial charge is 0.363 e. The lowest BCUT2D eigenvalue weighted by molar-refractivity contribution is -0.129. The van der Waals surface area contributed by atoms with Crippen LogP contribution in [0.15, 0.2) is 106 Å². The van der Waals surface area contributed by atoms with E-state index < -0.39 is 5.97 Å². The average Bonchev–Trinajstić information content (AvgIpc) is 3.30. The van der Waals surface area contributed by atoms with Gasteiger partial charge >= 0.3 is 5.97 Å². The van der Waals surface area contributed by atoms with Gasteiger partial charge in [0.25, 0.3) is 0 Å². The predicted molar refractivity (Wildman–Crippen MR) is 153 cm³/mol. The van der Waals surface area contributed by atoms with Gasteiger partial charge in [-0.1, -0.05) is 72.3 Å². The van der Waals surface area contributed by atoms with Crippen LogP contribution in [0.3, 0.4) is 0 Å². The average molecular weight is 568 g/mol. The Morgan fingerprint density at radius 1 is 0.868 bits per heavy atom. The van der Waals surface area contributed by atoms with Gasteiger partial charge in [-0.3, -0.25) is 0 Å². The zero-order valence-corrected chi connectivity index (χ0v) is 22.7. The molecule has 4 aromatic rings. The number of nitrogens with zero attached hydrogens (tertiary/aromatic N) is 1. The molecular weight excluding hydrogens is 542 g/mol. The highest BCUT2D eigenvalue weighted by atomic mass is 79.9. The minimum atomic E-state index is -0.499. The molecule has 1 aliphatic rings. The molecule has 0 atom stereocenters. The molecule has 0 radical (unpaired) electrons. The van der Waals surface area contributed by atoms with Gasteiger partial charge in [-0.05, 0) is 82.4 Å². The summed E-state index contributed by atoms with van der Waals surface area (Å²) in [5.74, 6) is 0.961. The highest BCUT2D eigenvalue weighted by Gasteiger charge is 2.24. The van der Waals surface area contributed by atoms with Gasteiger partial charge in [0.15, 0.2) is 17.2 Å². The highest BCUT2D eigenvalue weighted by molar-refractivity contribution is 9.10. The maximum Gasteiger partial charge on any atom is 0.363 e. The van der Waals surface area contributed by atoms with Gasteiger partial charge in [0.1, 0.15) is 6.61 Å². The fourth-order valence-electron chi connectivity index (χ4n) is 4.04. The van der Waals surface area contributed by atoms with Crippen molar-refractivity contribution in [3.8, 4) is 22.6 Å². The zero-order chi connectivity index (χ0) is 26.5. The van der Waals surface area contributed by atoms with E-state index in [2.05, 4.69) is 52.1 Å². The van der Waals surface area contributed by atoms with Crippen molar-refractivity contribution in [1.29, 1.82) is 0 Å². The van der Waals surface area contributed by atoms with Crippen molar-refractivity contribution >= 4 is 33.9 Å². The van der Waals surface area contributed by atoms with Crippen LogP contribution in [0, 0.1) is 6.92 Å². The summed E-state index contributed by atoms with van der Waals surface area (Å²) < 4.78 is 18.2. The number of aliphatic imine (C=N–C) groups is 1. The highest BCUT2D eigenvalue weighted by Crippen LogP contribution is 2.38. The van der Waals surface area contributed by atoms with E-state index in [9.17, 15) is 4.79 Å². The molecule has 1 heterocycles. The lowest BCUT2D eigenvalue weighted by Gasteiger charge is -2.15. The Balaban J connectivity index is 1.37. The largest absolute Gasteiger partial charge is 0.490 e. The maximum atomic E-state index is 12.6. The van der Waals surface area contributed by atoms with Gasteiger partial charge in [-0.2, -0.15) is 0 Å². The summed E-state index contributed by atoms with van der Waals surface area (Å²) in [5.41, 5.74) is 6.14. The number of hydrogen-bond donors (Lipinski definition) is 0. The topological polar surface area (TPSA) is 57.1 Å². The fraction of sp³-hybridized carbons (Fsp3) is 0.125. The third-order valence-corrected chi connectivity index (χ3v) is 6.59. The molecule has 0 bridgehead atoms. The van der Waals surface area contributed by atoms with Crippen LogP contribution in [0.2, 0.25) is 0 Å². The Morgan fingerprint density at radius 2 is 1.55 bits per heavy atom. The SMILES string of the molecule is CCOc1cc(/C=C2\N=C(c3ccc(-c4ccccc4)cc3)OC2=O)cc(Br)c1OCc1ccc(C)cc1. The number of benzene rings is 4. The number of cyclic esters (lactones) is 1. The third-order valence-electron chi connectivity index (χ3n) is 6.00.